The Balaban J connectivity index is 3.92. The summed E-state index contributed by atoms with van der Waals surface area (Å²) in [5, 5.41) is 8.89. The summed E-state index contributed by atoms with van der Waals surface area (Å²) in [6.07, 6.45) is 1.50. The maximum absolute atomic E-state index is 8.85. The fourth-order valence-corrected chi connectivity index (χ4v) is 1.48. The number of hydrogen-bond donors (Lipinski definition) is 1. The molecule has 0 saturated heterocycles. The highest BCUT2D eigenvalue weighted by atomic mass is 31.1. The second-order valence-electron chi connectivity index (χ2n) is 2.96. The van der Waals surface area contributed by atoms with Gasteiger partial charge >= 0.3 is 0 Å². The van der Waals surface area contributed by atoms with Crippen LogP contribution in [0.4, 0.5) is 0 Å². The van der Waals surface area contributed by atoms with Crippen molar-refractivity contribution in [2.75, 3.05) is 6.35 Å². The molecular formula is C7H15O2P. The molecule has 0 amide bonds. The second-order valence-corrected chi connectivity index (χ2v) is 5.56. The van der Waals surface area contributed by atoms with E-state index < -0.39 is 8.15 Å². The van der Waals surface area contributed by atoms with E-state index in [2.05, 4.69) is 6.58 Å². The molecule has 3 heteroatoms. The summed E-state index contributed by atoms with van der Waals surface area (Å²) in [5.41, 5.74) is 0. The Bertz CT molecular complexity index is 107. The summed E-state index contributed by atoms with van der Waals surface area (Å²) >= 11 is 0. The first-order valence-electron chi connectivity index (χ1n) is 3.18. The van der Waals surface area contributed by atoms with Crippen LogP contribution in [0.3, 0.4) is 0 Å². The summed E-state index contributed by atoms with van der Waals surface area (Å²) in [7, 11) is -0.762. The second kappa shape index (κ2) is 3.95. The van der Waals surface area contributed by atoms with Gasteiger partial charge in [0.1, 0.15) is 8.15 Å². The van der Waals surface area contributed by atoms with Gasteiger partial charge in [0, 0.05) is 5.16 Å². The van der Waals surface area contributed by atoms with E-state index in [9.17, 15) is 0 Å². The van der Waals surface area contributed by atoms with Crippen LogP contribution in [0.15, 0.2) is 12.8 Å². The zero-order valence-electron chi connectivity index (χ0n) is 6.79. The highest BCUT2D eigenvalue weighted by molar-refractivity contribution is 7.54. The van der Waals surface area contributed by atoms with E-state index >= 15 is 0 Å². The lowest BCUT2D eigenvalue weighted by Gasteiger charge is -2.26. The van der Waals surface area contributed by atoms with E-state index in [4.69, 9.17) is 9.63 Å². The zero-order chi connectivity index (χ0) is 8.20. The van der Waals surface area contributed by atoms with Crippen LogP contribution in [-0.4, -0.2) is 16.6 Å². The topological polar surface area (TPSA) is 29.5 Å². The molecule has 0 saturated carbocycles. The SMILES string of the molecule is C=COP(CO)C(C)(C)C. The van der Waals surface area contributed by atoms with Crippen molar-refractivity contribution in [3.63, 3.8) is 0 Å². The van der Waals surface area contributed by atoms with Crippen LogP contribution in [0.25, 0.3) is 0 Å². The summed E-state index contributed by atoms with van der Waals surface area (Å²) in [6, 6.07) is 0. The van der Waals surface area contributed by atoms with Crippen molar-refractivity contribution in [3.05, 3.63) is 12.8 Å². The third-order valence-corrected chi connectivity index (χ3v) is 3.24. The Hall–Kier alpha value is -0.0700. The molecule has 0 aromatic rings. The van der Waals surface area contributed by atoms with Crippen molar-refractivity contribution in [2.45, 2.75) is 25.9 Å². The molecule has 1 N–H and O–H groups in total. The predicted octanol–water partition coefficient (Wildman–Crippen LogP) is 2.29. The van der Waals surface area contributed by atoms with Crippen molar-refractivity contribution in [3.8, 4) is 0 Å². The van der Waals surface area contributed by atoms with Gasteiger partial charge in [-0.05, 0) is 0 Å². The number of rotatable bonds is 3. The quantitative estimate of drug-likeness (QED) is 0.509. The first-order valence-corrected chi connectivity index (χ1v) is 4.63. The molecule has 0 aromatic heterocycles. The summed E-state index contributed by atoms with van der Waals surface area (Å²) in [4.78, 5) is 0. The molecule has 0 heterocycles. The van der Waals surface area contributed by atoms with Gasteiger partial charge in [0.15, 0.2) is 0 Å². The van der Waals surface area contributed by atoms with Gasteiger partial charge in [0.05, 0.1) is 12.6 Å². The zero-order valence-corrected chi connectivity index (χ0v) is 7.69. The summed E-state index contributed by atoms with van der Waals surface area (Å²) < 4.78 is 5.13. The molecule has 1 unspecified atom stereocenters. The van der Waals surface area contributed by atoms with E-state index in [1.807, 2.05) is 20.8 Å². The van der Waals surface area contributed by atoms with E-state index in [0.29, 0.717) is 0 Å². The Morgan fingerprint density at radius 1 is 1.60 bits per heavy atom. The number of aliphatic hydroxyl groups excluding tert-OH is 1. The van der Waals surface area contributed by atoms with Crippen molar-refractivity contribution in [2.24, 2.45) is 0 Å². The van der Waals surface area contributed by atoms with Gasteiger partial charge in [-0.1, -0.05) is 27.4 Å². The van der Waals surface area contributed by atoms with Gasteiger partial charge in [-0.2, -0.15) is 0 Å². The molecule has 2 nitrogen and oxygen atoms in total. The Morgan fingerprint density at radius 3 is 2.20 bits per heavy atom. The van der Waals surface area contributed by atoms with Crippen LogP contribution in [-0.2, 0) is 4.52 Å². The first kappa shape index (κ1) is 9.93. The Labute approximate surface area is 63.7 Å². The Kier molecular flexibility index (Phi) is 3.92. The van der Waals surface area contributed by atoms with Crippen molar-refractivity contribution < 1.29 is 9.63 Å². The van der Waals surface area contributed by atoms with E-state index in [0.717, 1.165) is 0 Å². The maximum Gasteiger partial charge on any atom is 0.118 e. The van der Waals surface area contributed by atoms with Crippen LogP contribution in [0.5, 0.6) is 0 Å². The van der Waals surface area contributed by atoms with Gasteiger partial charge in [-0.25, -0.2) is 0 Å². The highest BCUT2D eigenvalue weighted by Crippen LogP contribution is 2.49. The molecule has 0 aromatic carbocycles. The molecule has 0 aliphatic carbocycles. The van der Waals surface area contributed by atoms with E-state index in [1.54, 1.807) is 0 Å². The van der Waals surface area contributed by atoms with Crippen LogP contribution in [0, 0.1) is 0 Å². The van der Waals surface area contributed by atoms with Crippen molar-refractivity contribution >= 4 is 8.15 Å². The van der Waals surface area contributed by atoms with Crippen LogP contribution in [0.1, 0.15) is 20.8 Å². The van der Waals surface area contributed by atoms with Crippen LogP contribution < -0.4 is 0 Å². The molecule has 0 bridgehead atoms. The van der Waals surface area contributed by atoms with Crippen LogP contribution >= 0.6 is 8.15 Å². The minimum Gasteiger partial charge on any atom is -0.479 e. The van der Waals surface area contributed by atoms with Gasteiger partial charge in [-0.3, -0.25) is 0 Å². The average molecular weight is 162 g/mol. The number of aliphatic hydroxyl groups is 1. The van der Waals surface area contributed by atoms with E-state index in [-0.39, 0.29) is 11.5 Å². The van der Waals surface area contributed by atoms with Gasteiger partial charge < -0.3 is 9.63 Å². The van der Waals surface area contributed by atoms with Crippen LogP contribution in [0.2, 0.25) is 0 Å². The molecule has 0 fully saturated rings. The summed E-state index contributed by atoms with van der Waals surface area (Å²) in [6.45, 7) is 9.57. The lowest BCUT2D eigenvalue weighted by Crippen LogP contribution is -2.13. The van der Waals surface area contributed by atoms with Gasteiger partial charge in [0.2, 0.25) is 0 Å². The van der Waals surface area contributed by atoms with Crippen molar-refractivity contribution in [1.82, 2.24) is 0 Å². The van der Waals surface area contributed by atoms with E-state index in [1.165, 1.54) is 6.26 Å². The average Bonchev–Trinajstić information content (AvgIpc) is 1.80. The molecule has 0 aliphatic rings. The molecule has 10 heavy (non-hydrogen) atoms. The minimum atomic E-state index is -0.762. The normalized spacial score (nSPS) is 14.4. The monoisotopic (exact) mass is 162 g/mol. The maximum atomic E-state index is 8.85. The minimum absolute atomic E-state index is 0.0400. The van der Waals surface area contributed by atoms with Gasteiger partial charge in [-0.15, -0.1) is 0 Å². The lowest BCUT2D eigenvalue weighted by molar-refractivity contribution is 0.345. The molecule has 60 valence electrons. The first-order chi connectivity index (χ1) is 4.52. The Morgan fingerprint density at radius 2 is 2.10 bits per heavy atom. The standard InChI is InChI=1S/C7H15O2P/c1-5-9-10(6-8)7(2,3)4/h5,8H,1,6H2,2-4H3. The largest absolute Gasteiger partial charge is 0.479 e. The highest BCUT2D eigenvalue weighted by Gasteiger charge is 2.24. The molecule has 0 rings (SSSR count). The molecule has 0 aliphatic heterocycles. The molecule has 0 radical (unpaired) electrons. The fourth-order valence-electron chi connectivity index (χ4n) is 0.494. The lowest BCUT2D eigenvalue weighted by atomic mass is 10.3. The molecular weight excluding hydrogens is 147 g/mol. The fraction of sp³-hybridized carbons (Fsp3) is 0.714. The number of hydrogen-bond acceptors (Lipinski definition) is 2. The molecule has 0 spiro atoms. The smallest absolute Gasteiger partial charge is 0.118 e. The van der Waals surface area contributed by atoms with Crippen molar-refractivity contribution in [1.29, 1.82) is 0 Å². The summed E-state index contributed by atoms with van der Waals surface area (Å²) in [5.74, 6) is 0. The van der Waals surface area contributed by atoms with Gasteiger partial charge in [0.25, 0.3) is 0 Å². The third-order valence-electron chi connectivity index (χ3n) is 1.08. The molecule has 1 atom stereocenters. The third kappa shape index (κ3) is 3.19. The predicted molar refractivity (Wildman–Crippen MR) is 45.0 cm³/mol.